The fraction of sp³-hybridized carbons (Fsp3) is 0.286. The predicted octanol–water partition coefficient (Wildman–Crippen LogP) is 2.44. The molecule has 1 aromatic carbocycles. The molecular formula is C14H16BrN3O3. The van der Waals surface area contributed by atoms with Crippen molar-refractivity contribution in [1.82, 2.24) is 9.78 Å². The van der Waals surface area contributed by atoms with Crippen LogP contribution in [0.1, 0.15) is 21.7 Å². The lowest BCUT2D eigenvalue weighted by molar-refractivity contribution is 0.0595. The van der Waals surface area contributed by atoms with E-state index in [0.717, 1.165) is 15.9 Å². The summed E-state index contributed by atoms with van der Waals surface area (Å²) < 4.78 is 13.1. The molecule has 6 nitrogen and oxygen atoms in total. The number of hydrogen-bond acceptors (Lipinski definition) is 5. The highest BCUT2D eigenvalue weighted by Gasteiger charge is 2.16. The van der Waals surface area contributed by atoms with Gasteiger partial charge in [0.15, 0.2) is 0 Å². The van der Waals surface area contributed by atoms with Gasteiger partial charge in [0.2, 0.25) is 0 Å². The number of ether oxygens (including phenoxy) is 2. The predicted molar refractivity (Wildman–Crippen MR) is 82.2 cm³/mol. The number of benzene rings is 1. The van der Waals surface area contributed by atoms with Crippen molar-refractivity contribution in [1.29, 1.82) is 0 Å². The molecule has 0 spiro atoms. The second-order valence-electron chi connectivity index (χ2n) is 4.51. The molecule has 1 aromatic heterocycles. The number of anilines is 1. The smallest absolute Gasteiger partial charge is 0.341 e. The highest BCUT2D eigenvalue weighted by molar-refractivity contribution is 9.10. The quantitative estimate of drug-likeness (QED) is 0.674. The SMILES string of the molecule is COC(=O)c1cc(N)ccc1OCc1c(Br)c(C)nn1C. The highest BCUT2D eigenvalue weighted by atomic mass is 79.9. The number of nitrogen functional groups attached to an aromatic ring is 1. The van der Waals surface area contributed by atoms with Crippen LogP contribution in [0.15, 0.2) is 22.7 Å². The van der Waals surface area contributed by atoms with Crippen LogP contribution in [0.2, 0.25) is 0 Å². The summed E-state index contributed by atoms with van der Waals surface area (Å²) in [5, 5.41) is 4.29. The Morgan fingerprint density at radius 1 is 1.48 bits per heavy atom. The standard InChI is InChI=1S/C14H16BrN3O3/c1-8-13(15)11(18(2)17-8)7-21-12-5-4-9(16)6-10(12)14(19)20-3/h4-6H,7,16H2,1-3H3. The van der Waals surface area contributed by atoms with E-state index in [4.69, 9.17) is 15.2 Å². The summed E-state index contributed by atoms with van der Waals surface area (Å²) in [6, 6.07) is 4.86. The molecule has 0 aliphatic rings. The van der Waals surface area contributed by atoms with Crippen LogP contribution in [0.5, 0.6) is 5.75 Å². The fourth-order valence-corrected chi connectivity index (χ4v) is 2.38. The summed E-state index contributed by atoms with van der Waals surface area (Å²) in [6.45, 7) is 2.17. The Bertz CT molecular complexity index is 682. The third kappa shape index (κ3) is 3.18. The molecule has 2 aromatic rings. The van der Waals surface area contributed by atoms with Crippen LogP contribution in [0.4, 0.5) is 5.69 Å². The number of nitrogens with two attached hydrogens (primary N) is 1. The molecule has 0 fully saturated rings. The Kier molecular flexibility index (Phi) is 4.52. The van der Waals surface area contributed by atoms with E-state index < -0.39 is 5.97 Å². The summed E-state index contributed by atoms with van der Waals surface area (Å²) in [4.78, 5) is 11.8. The molecule has 112 valence electrons. The molecule has 0 radical (unpaired) electrons. The minimum Gasteiger partial charge on any atom is -0.486 e. The van der Waals surface area contributed by atoms with E-state index >= 15 is 0 Å². The van der Waals surface area contributed by atoms with E-state index in [2.05, 4.69) is 21.0 Å². The summed E-state index contributed by atoms with van der Waals surface area (Å²) in [5.41, 5.74) is 8.22. The second kappa shape index (κ2) is 6.17. The lowest BCUT2D eigenvalue weighted by Crippen LogP contribution is -2.08. The van der Waals surface area contributed by atoms with Gasteiger partial charge < -0.3 is 15.2 Å². The number of aromatic nitrogens is 2. The minimum absolute atomic E-state index is 0.270. The first-order valence-electron chi connectivity index (χ1n) is 6.22. The van der Waals surface area contributed by atoms with Gasteiger partial charge in [-0.15, -0.1) is 0 Å². The van der Waals surface area contributed by atoms with E-state index in [1.54, 1.807) is 16.8 Å². The van der Waals surface area contributed by atoms with Crippen LogP contribution >= 0.6 is 15.9 Å². The van der Waals surface area contributed by atoms with E-state index in [0.29, 0.717) is 17.0 Å². The Morgan fingerprint density at radius 3 is 2.76 bits per heavy atom. The first-order chi connectivity index (χ1) is 9.93. The van der Waals surface area contributed by atoms with Gasteiger partial charge in [0.1, 0.15) is 17.9 Å². The minimum atomic E-state index is -0.488. The Hall–Kier alpha value is -2.02. The van der Waals surface area contributed by atoms with E-state index in [-0.39, 0.29) is 6.61 Å². The maximum Gasteiger partial charge on any atom is 0.341 e. The van der Waals surface area contributed by atoms with Crippen LogP contribution in [-0.4, -0.2) is 22.9 Å². The molecule has 0 unspecified atom stereocenters. The molecular weight excluding hydrogens is 338 g/mol. The van der Waals surface area contributed by atoms with Gasteiger partial charge in [-0.05, 0) is 41.1 Å². The first kappa shape index (κ1) is 15.4. The molecule has 2 N–H and O–H groups in total. The zero-order valence-corrected chi connectivity index (χ0v) is 13.6. The lowest BCUT2D eigenvalue weighted by atomic mass is 10.2. The number of methoxy groups -OCH3 is 1. The van der Waals surface area contributed by atoms with Gasteiger partial charge in [-0.2, -0.15) is 5.10 Å². The number of nitrogens with zero attached hydrogens (tertiary/aromatic N) is 2. The number of rotatable bonds is 4. The van der Waals surface area contributed by atoms with Crippen LogP contribution in [0.25, 0.3) is 0 Å². The van der Waals surface area contributed by atoms with Gasteiger partial charge in [-0.3, -0.25) is 4.68 Å². The van der Waals surface area contributed by atoms with Gasteiger partial charge in [0.25, 0.3) is 0 Å². The molecule has 0 saturated carbocycles. The van der Waals surface area contributed by atoms with Crippen LogP contribution in [0.3, 0.4) is 0 Å². The largest absolute Gasteiger partial charge is 0.486 e. The van der Waals surface area contributed by atoms with Gasteiger partial charge in [-0.25, -0.2) is 4.79 Å². The molecule has 0 aliphatic carbocycles. The number of hydrogen-bond donors (Lipinski definition) is 1. The fourth-order valence-electron chi connectivity index (χ4n) is 1.93. The number of carbonyl (C=O) groups is 1. The average Bonchev–Trinajstić information content (AvgIpc) is 2.70. The number of halogens is 1. The van der Waals surface area contributed by atoms with Crippen molar-refractivity contribution < 1.29 is 14.3 Å². The lowest BCUT2D eigenvalue weighted by Gasteiger charge is -2.11. The number of esters is 1. The topological polar surface area (TPSA) is 79.4 Å². The van der Waals surface area contributed by atoms with E-state index in [9.17, 15) is 4.79 Å². The average molecular weight is 354 g/mol. The molecule has 21 heavy (non-hydrogen) atoms. The van der Waals surface area contributed by atoms with Crippen molar-refractivity contribution in [3.8, 4) is 5.75 Å². The van der Waals surface area contributed by atoms with E-state index in [1.165, 1.54) is 13.2 Å². The zero-order chi connectivity index (χ0) is 15.6. The normalized spacial score (nSPS) is 10.5. The second-order valence-corrected chi connectivity index (χ2v) is 5.30. The maximum atomic E-state index is 11.8. The van der Waals surface area contributed by atoms with Crippen molar-refractivity contribution >= 4 is 27.6 Å². The van der Waals surface area contributed by atoms with Crippen LogP contribution < -0.4 is 10.5 Å². The molecule has 0 aliphatic heterocycles. The van der Waals surface area contributed by atoms with Crippen molar-refractivity contribution in [2.75, 3.05) is 12.8 Å². The molecule has 0 amide bonds. The Morgan fingerprint density at radius 2 is 2.19 bits per heavy atom. The van der Waals surface area contributed by atoms with Gasteiger partial charge >= 0.3 is 5.97 Å². The van der Waals surface area contributed by atoms with Crippen LogP contribution in [-0.2, 0) is 18.4 Å². The van der Waals surface area contributed by atoms with Crippen LogP contribution in [0, 0.1) is 6.92 Å². The molecule has 0 bridgehead atoms. The summed E-state index contributed by atoms with van der Waals surface area (Å²) in [5.74, 6) is -0.0700. The summed E-state index contributed by atoms with van der Waals surface area (Å²) in [6.07, 6.45) is 0. The maximum absolute atomic E-state index is 11.8. The van der Waals surface area contributed by atoms with Crippen molar-refractivity contribution in [2.24, 2.45) is 7.05 Å². The van der Waals surface area contributed by atoms with Gasteiger partial charge in [0.05, 0.1) is 23.0 Å². The van der Waals surface area contributed by atoms with Crippen molar-refractivity contribution in [2.45, 2.75) is 13.5 Å². The highest BCUT2D eigenvalue weighted by Crippen LogP contribution is 2.26. The summed E-state index contributed by atoms with van der Waals surface area (Å²) in [7, 11) is 3.15. The van der Waals surface area contributed by atoms with Gasteiger partial charge in [0, 0.05) is 12.7 Å². The summed E-state index contributed by atoms with van der Waals surface area (Å²) >= 11 is 3.47. The third-order valence-electron chi connectivity index (χ3n) is 3.03. The monoisotopic (exact) mass is 353 g/mol. The first-order valence-corrected chi connectivity index (χ1v) is 7.02. The third-order valence-corrected chi connectivity index (χ3v) is 4.07. The molecule has 2 rings (SSSR count). The number of carbonyl (C=O) groups excluding carboxylic acids is 1. The molecule has 0 atom stereocenters. The molecule has 7 heteroatoms. The molecule has 1 heterocycles. The molecule has 0 saturated heterocycles. The Labute approximate surface area is 131 Å². The number of aryl methyl sites for hydroxylation is 2. The Balaban J connectivity index is 2.26. The van der Waals surface area contributed by atoms with Crippen molar-refractivity contribution in [3.05, 3.63) is 39.6 Å². The van der Waals surface area contributed by atoms with E-state index in [1.807, 2.05) is 14.0 Å². The zero-order valence-electron chi connectivity index (χ0n) is 12.0. The van der Waals surface area contributed by atoms with Gasteiger partial charge in [-0.1, -0.05) is 0 Å². The van der Waals surface area contributed by atoms with Crippen molar-refractivity contribution in [3.63, 3.8) is 0 Å².